The van der Waals surface area contributed by atoms with Gasteiger partial charge in [-0.2, -0.15) is 5.10 Å². The first-order valence-corrected chi connectivity index (χ1v) is 8.43. The number of aliphatic hydroxyl groups is 1. The van der Waals surface area contributed by atoms with Gasteiger partial charge >= 0.3 is 0 Å². The molecule has 2 N–H and O–H groups in total. The van der Waals surface area contributed by atoms with Gasteiger partial charge in [-0.05, 0) is 25.5 Å². The number of benzene rings is 1. The van der Waals surface area contributed by atoms with Crippen molar-refractivity contribution in [2.45, 2.75) is 38.6 Å². The summed E-state index contributed by atoms with van der Waals surface area (Å²) in [6.45, 7) is 5.08. The number of aromatic nitrogens is 2. The number of hydrogen-bond acceptors (Lipinski definition) is 4. The summed E-state index contributed by atoms with van der Waals surface area (Å²) in [5.74, 6) is -0.127. The van der Waals surface area contributed by atoms with Crippen LogP contribution in [0.15, 0.2) is 42.7 Å². The number of aliphatic hydroxyl groups excluding tert-OH is 1. The number of aryl methyl sites for hydroxylation is 1. The molecule has 2 aromatic rings. The minimum absolute atomic E-state index is 0.127. The molecule has 2 atom stereocenters. The summed E-state index contributed by atoms with van der Waals surface area (Å²) in [7, 11) is 0. The Morgan fingerprint density at radius 3 is 2.83 bits per heavy atom. The molecule has 1 amide bonds. The molecule has 0 saturated carbocycles. The Hall–Kier alpha value is -2.18. The molecule has 0 spiro atoms. The number of β-amino-alcohol motifs (C(OH)–C–C–N with tert-alkyl or cyclic N) is 1. The second-order valence-electron chi connectivity index (χ2n) is 6.24. The van der Waals surface area contributed by atoms with Gasteiger partial charge in [-0.15, -0.1) is 0 Å². The fourth-order valence-electron chi connectivity index (χ4n) is 3.07. The molecule has 6 nitrogen and oxygen atoms in total. The molecule has 128 valence electrons. The van der Waals surface area contributed by atoms with Gasteiger partial charge in [0.1, 0.15) is 0 Å². The fraction of sp³-hybridized carbons (Fsp3) is 0.444. The second kappa shape index (κ2) is 7.59. The van der Waals surface area contributed by atoms with Crippen molar-refractivity contribution in [1.29, 1.82) is 0 Å². The van der Waals surface area contributed by atoms with Crippen LogP contribution >= 0.6 is 0 Å². The Kier molecular flexibility index (Phi) is 5.27. The molecular weight excluding hydrogens is 304 g/mol. The van der Waals surface area contributed by atoms with E-state index >= 15 is 0 Å². The SMILES string of the molecule is CCn1cc(CN2CC[C@@H](NC(=O)c3ccccc3)[C@H](O)C2)cn1. The molecule has 1 aliphatic rings. The Labute approximate surface area is 142 Å². The van der Waals surface area contributed by atoms with Gasteiger partial charge in [0, 0.05) is 43.5 Å². The number of nitrogens with zero attached hydrogens (tertiary/aromatic N) is 3. The van der Waals surface area contributed by atoms with Crippen molar-refractivity contribution in [1.82, 2.24) is 20.0 Å². The number of hydrogen-bond donors (Lipinski definition) is 2. The molecule has 3 rings (SSSR count). The minimum Gasteiger partial charge on any atom is -0.390 e. The van der Waals surface area contributed by atoms with Crippen molar-refractivity contribution >= 4 is 5.91 Å². The standard InChI is InChI=1S/C18H24N4O2/c1-2-22-12-14(10-19-22)11-21-9-8-16(17(23)13-21)20-18(24)15-6-4-3-5-7-15/h3-7,10,12,16-17,23H,2,8-9,11,13H2,1H3,(H,20,24)/t16-,17-/m1/s1. The van der Waals surface area contributed by atoms with Crippen molar-refractivity contribution in [3.63, 3.8) is 0 Å². The molecule has 1 aliphatic heterocycles. The van der Waals surface area contributed by atoms with E-state index in [-0.39, 0.29) is 11.9 Å². The highest BCUT2D eigenvalue weighted by Gasteiger charge is 2.29. The van der Waals surface area contributed by atoms with Crippen LogP contribution in [0.3, 0.4) is 0 Å². The van der Waals surface area contributed by atoms with Crippen molar-refractivity contribution < 1.29 is 9.90 Å². The van der Waals surface area contributed by atoms with E-state index in [0.29, 0.717) is 12.1 Å². The highest BCUT2D eigenvalue weighted by atomic mass is 16.3. The third-order valence-corrected chi connectivity index (χ3v) is 4.44. The van der Waals surface area contributed by atoms with Crippen molar-refractivity contribution in [3.8, 4) is 0 Å². The topological polar surface area (TPSA) is 70.4 Å². The summed E-state index contributed by atoms with van der Waals surface area (Å²) in [6.07, 6.45) is 4.09. The fourth-order valence-corrected chi connectivity index (χ4v) is 3.07. The van der Waals surface area contributed by atoms with Gasteiger partial charge in [0.25, 0.3) is 5.91 Å². The summed E-state index contributed by atoms with van der Waals surface area (Å²) in [5.41, 5.74) is 1.77. The average Bonchev–Trinajstić information content (AvgIpc) is 3.05. The third-order valence-electron chi connectivity index (χ3n) is 4.44. The van der Waals surface area contributed by atoms with E-state index in [2.05, 4.69) is 22.2 Å². The largest absolute Gasteiger partial charge is 0.390 e. The summed E-state index contributed by atoms with van der Waals surface area (Å²) >= 11 is 0. The van der Waals surface area contributed by atoms with E-state index in [0.717, 1.165) is 31.6 Å². The summed E-state index contributed by atoms with van der Waals surface area (Å²) < 4.78 is 1.90. The van der Waals surface area contributed by atoms with Crippen LogP contribution in [0.1, 0.15) is 29.3 Å². The average molecular weight is 328 g/mol. The number of carbonyl (C=O) groups excluding carboxylic acids is 1. The van der Waals surface area contributed by atoms with E-state index < -0.39 is 6.10 Å². The van der Waals surface area contributed by atoms with Crippen LogP contribution in [0.4, 0.5) is 0 Å². The molecule has 1 fully saturated rings. The molecule has 24 heavy (non-hydrogen) atoms. The molecule has 0 radical (unpaired) electrons. The summed E-state index contributed by atoms with van der Waals surface area (Å²) in [6, 6.07) is 8.91. The van der Waals surface area contributed by atoms with Gasteiger partial charge in [-0.1, -0.05) is 18.2 Å². The quantitative estimate of drug-likeness (QED) is 0.867. The van der Waals surface area contributed by atoms with E-state index in [1.165, 1.54) is 0 Å². The smallest absolute Gasteiger partial charge is 0.251 e. The van der Waals surface area contributed by atoms with Crippen LogP contribution in [-0.4, -0.2) is 50.9 Å². The van der Waals surface area contributed by atoms with Gasteiger partial charge < -0.3 is 10.4 Å². The van der Waals surface area contributed by atoms with Gasteiger partial charge in [-0.3, -0.25) is 14.4 Å². The molecular formula is C18H24N4O2. The van der Waals surface area contributed by atoms with E-state index in [4.69, 9.17) is 0 Å². The third kappa shape index (κ3) is 4.01. The predicted octanol–water partition coefficient (Wildman–Crippen LogP) is 1.27. The maximum absolute atomic E-state index is 12.2. The normalized spacial score (nSPS) is 21.6. The van der Waals surface area contributed by atoms with E-state index in [1.54, 1.807) is 12.1 Å². The molecule has 2 heterocycles. The van der Waals surface area contributed by atoms with Gasteiger partial charge in [0.2, 0.25) is 0 Å². The Morgan fingerprint density at radius 2 is 2.17 bits per heavy atom. The molecule has 0 bridgehead atoms. The number of amides is 1. The van der Waals surface area contributed by atoms with Gasteiger partial charge in [-0.25, -0.2) is 0 Å². The zero-order valence-electron chi connectivity index (χ0n) is 13.9. The Balaban J connectivity index is 1.52. The first kappa shape index (κ1) is 16.7. The molecule has 0 unspecified atom stereocenters. The predicted molar refractivity (Wildman–Crippen MR) is 91.5 cm³/mol. The highest BCUT2D eigenvalue weighted by molar-refractivity contribution is 5.94. The van der Waals surface area contributed by atoms with Crippen molar-refractivity contribution in [2.24, 2.45) is 0 Å². The maximum Gasteiger partial charge on any atom is 0.251 e. The summed E-state index contributed by atoms with van der Waals surface area (Å²) in [5, 5.41) is 17.6. The molecule has 1 aromatic heterocycles. The van der Waals surface area contributed by atoms with Crippen LogP contribution in [0.5, 0.6) is 0 Å². The number of rotatable bonds is 5. The van der Waals surface area contributed by atoms with Gasteiger partial charge in [0.15, 0.2) is 0 Å². The lowest BCUT2D eigenvalue weighted by Crippen LogP contribution is -2.53. The lowest BCUT2D eigenvalue weighted by Gasteiger charge is -2.36. The molecule has 0 aliphatic carbocycles. The van der Waals surface area contributed by atoms with Crippen LogP contribution < -0.4 is 5.32 Å². The maximum atomic E-state index is 12.2. The van der Waals surface area contributed by atoms with Crippen molar-refractivity contribution in [3.05, 3.63) is 53.9 Å². The van der Waals surface area contributed by atoms with E-state index in [1.807, 2.05) is 35.3 Å². The van der Waals surface area contributed by atoms with Crippen molar-refractivity contribution in [2.75, 3.05) is 13.1 Å². The summed E-state index contributed by atoms with van der Waals surface area (Å²) in [4.78, 5) is 14.4. The highest BCUT2D eigenvalue weighted by Crippen LogP contribution is 2.15. The number of likely N-dealkylation sites (tertiary alicyclic amines) is 1. The van der Waals surface area contributed by atoms with Gasteiger partial charge in [0.05, 0.1) is 18.3 Å². The van der Waals surface area contributed by atoms with Crippen LogP contribution in [-0.2, 0) is 13.1 Å². The molecule has 1 saturated heterocycles. The molecule has 6 heteroatoms. The minimum atomic E-state index is -0.562. The lowest BCUT2D eigenvalue weighted by atomic mass is 10.0. The van der Waals surface area contributed by atoms with E-state index in [9.17, 15) is 9.90 Å². The van der Waals surface area contributed by atoms with Crippen LogP contribution in [0, 0.1) is 0 Å². The lowest BCUT2D eigenvalue weighted by molar-refractivity contribution is 0.0349. The number of piperidine rings is 1. The number of nitrogens with one attached hydrogen (secondary N) is 1. The Bertz CT molecular complexity index is 671. The monoisotopic (exact) mass is 328 g/mol. The molecule has 1 aromatic carbocycles. The zero-order valence-corrected chi connectivity index (χ0v) is 13.9. The first-order chi connectivity index (χ1) is 11.7. The van der Waals surface area contributed by atoms with Crippen LogP contribution in [0.25, 0.3) is 0 Å². The zero-order chi connectivity index (χ0) is 16.9. The second-order valence-corrected chi connectivity index (χ2v) is 6.24. The van der Waals surface area contributed by atoms with Crippen LogP contribution in [0.2, 0.25) is 0 Å². The number of carbonyl (C=O) groups is 1. The first-order valence-electron chi connectivity index (χ1n) is 8.43. The Morgan fingerprint density at radius 1 is 1.38 bits per heavy atom.